The molecule has 1 aliphatic rings. The van der Waals surface area contributed by atoms with Gasteiger partial charge in [0.2, 0.25) is 0 Å². The summed E-state index contributed by atoms with van der Waals surface area (Å²) in [4.78, 5) is 2.54. The highest BCUT2D eigenvalue weighted by Crippen LogP contribution is 2.17. The molecule has 4 rings (SSSR count). The van der Waals surface area contributed by atoms with Crippen molar-refractivity contribution in [2.45, 2.75) is 26.1 Å². The molecule has 0 fully saturated rings. The molecule has 2 heterocycles. The molecule has 4 heteroatoms. The predicted octanol–water partition coefficient (Wildman–Crippen LogP) is 3.08. The molecule has 1 N–H and O–H groups in total. The predicted molar refractivity (Wildman–Crippen MR) is 105 cm³/mol. The molecule has 0 saturated carbocycles. The SMILES string of the molecule is c1ccc(Cn2cc(CNCCN3CCc4ccccc4C3)cn2)cc1. The van der Waals surface area contributed by atoms with Gasteiger partial charge in [0.05, 0.1) is 12.7 Å². The van der Waals surface area contributed by atoms with Crippen LogP contribution in [0.4, 0.5) is 0 Å². The zero-order valence-corrected chi connectivity index (χ0v) is 15.1. The van der Waals surface area contributed by atoms with Crippen LogP contribution in [0.25, 0.3) is 0 Å². The van der Waals surface area contributed by atoms with E-state index in [1.54, 1.807) is 0 Å². The highest BCUT2D eigenvalue weighted by Gasteiger charge is 2.14. The molecule has 0 amide bonds. The van der Waals surface area contributed by atoms with E-state index < -0.39 is 0 Å². The van der Waals surface area contributed by atoms with Crippen LogP contribution in [0.15, 0.2) is 67.0 Å². The van der Waals surface area contributed by atoms with Crippen molar-refractivity contribution < 1.29 is 0 Å². The Hall–Kier alpha value is -2.43. The second-order valence-corrected chi connectivity index (χ2v) is 7.00. The highest BCUT2D eigenvalue weighted by molar-refractivity contribution is 5.29. The van der Waals surface area contributed by atoms with Gasteiger partial charge in [0, 0.05) is 44.5 Å². The fourth-order valence-corrected chi connectivity index (χ4v) is 3.57. The Morgan fingerprint density at radius 3 is 2.62 bits per heavy atom. The van der Waals surface area contributed by atoms with Gasteiger partial charge in [-0.05, 0) is 23.1 Å². The molecular formula is C22H26N4. The molecule has 3 aromatic rings. The summed E-state index contributed by atoms with van der Waals surface area (Å²) < 4.78 is 2.01. The standard InChI is InChI=1S/C22H26N4/c1-2-6-19(7-3-1)16-26-17-20(15-24-26)14-23-11-13-25-12-10-21-8-4-5-9-22(21)18-25/h1-9,15,17,23H,10-14,16,18H2. The van der Waals surface area contributed by atoms with Crippen LogP contribution in [-0.2, 0) is 26.1 Å². The van der Waals surface area contributed by atoms with Crippen molar-refractivity contribution in [3.63, 3.8) is 0 Å². The Kier molecular flexibility index (Phi) is 5.43. The molecule has 0 atom stereocenters. The second-order valence-electron chi connectivity index (χ2n) is 7.00. The average molecular weight is 346 g/mol. The quantitative estimate of drug-likeness (QED) is 0.668. The number of nitrogens with zero attached hydrogens (tertiary/aromatic N) is 3. The number of nitrogens with one attached hydrogen (secondary N) is 1. The fourth-order valence-electron chi connectivity index (χ4n) is 3.57. The summed E-state index contributed by atoms with van der Waals surface area (Å²) in [5.74, 6) is 0. The summed E-state index contributed by atoms with van der Waals surface area (Å²) in [6.45, 7) is 6.03. The number of hydrogen-bond donors (Lipinski definition) is 1. The average Bonchev–Trinajstić information content (AvgIpc) is 3.13. The minimum Gasteiger partial charge on any atom is -0.311 e. The molecule has 4 nitrogen and oxygen atoms in total. The van der Waals surface area contributed by atoms with Crippen LogP contribution in [0.5, 0.6) is 0 Å². The topological polar surface area (TPSA) is 33.1 Å². The molecule has 2 aromatic carbocycles. The van der Waals surface area contributed by atoms with E-state index in [0.717, 1.165) is 39.3 Å². The van der Waals surface area contributed by atoms with E-state index in [0.29, 0.717) is 0 Å². The molecule has 1 aromatic heterocycles. The summed E-state index contributed by atoms with van der Waals surface area (Å²) in [7, 11) is 0. The van der Waals surface area contributed by atoms with Gasteiger partial charge in [-0.15, -0.1) is 0 Å². The molecule has 134 valence electrons. The van der Waals surface area contributed by atoms with Gasteiger partial charge in [-0.25, -0.2) is 0 Å². The lowest BCUT2D eigenvalue weighted by Crippen LogP contribution is -2.35. The van der Waals surface area contributed by atoms with Crippen molar-refractivity contribution in [1.29, 1.82) is 0 Å². The van der Waals surface area contributed by atoms with Gasteiger partial charge < -0.3 is 5.32 Å². The van der Waals surface area contributed by atoms with Gasteiger partial charge >= 0.3 is 0 Å². The zero-order valence-electron chi connectivity index (χ0n) is 15.1. The molecule has 0 radical (unpaired) electrons. The first-order valence-electron chi connectivity index (χ1n) is 9.42. The molecule has 0 aliphatic carbocycles. The van der Waals surface area contributed by atoms with Crippen LogP contribution in [0, 0.1) is 0 Å². The Morgan fingerprint density at radius 1 is 0.923 bits per heavy atom. The van der Waals surface area contributed by atoms with E-state index in [2.05, 4.69) is 70.0 Å². The van der Waals surface area contributed by atoms with Crippen LogP contribution in [0.1, 0.15) is 22.3 Å². The van der Waals surface area contributed by atoms with E-state index in [1.165, 1.54) is 28.7 Å². The molecule has 0 bridgehead atoms. The summed E-state index contributed by atoms with van der Waals surface area (Å²) in [6.07, 6.45) is 5.27. The summed E-state index contributed by atoms with van der Waals surface area (Å²) in [5.41, 5.74) is 5.52. The second kappa shape index (κ2) is 8.30. The summed E-state index contributed by atoms with van der Waals surface area (Å²) >= 11 is 0. The van der Waals surface area contributed by atoms with Crippen molar-refractivity contribution in [1.82, 2.24) is 20.0 Å². The highest BCUT2D eigenvalue weighted by atomic mass is 15.3. The van der Waals surface area contributed by atoms with Gasteiger partial charge in [-0.3, -0.25) is 9.58 Å². The maximum Gasteiger partial charge on any atom is 0.0659 e. The normalized spacial score (nSPS) is 14.3. The minimum atomic E-state index is 0.827. The van der Waals surface area contributed by atoms with Crippen LogP contribution in [-0.4, -0.2) is 34.3 Å². The third-order valence-electron chi connectivity index (χ3n) is 5.02. The van der Waals surface area contributed by atoms with E-state index >= 15 is 0 Å². The van der Waals surface area contributed by atoms with Gasteiger partial charge in [-0.2, -0.15) is 5.10 Å². The minimum absolute atomic E-state index is 0.827. The number of hydrogen-bond acceptors (Lipinski definition) is 3. The van der Waals surface area contributed by atoms with E-state index in [-0.39, 0.29) is 0 Å². The zero-order chi connectivity index (χ0) is 17.6. The fraction of sp³-hybridized carbons (Fsp3) is 0.318. The third-order valence-corrected chi connectivity index (χ3v) is 5.02. The lowest BCUT2D eigenvalue weighted by Gasteiger charge is -2.28. The molecule has 26 heavy (non-hydrogen) atoms. The van der Waals surface area contributed by atoms with Gasteiger partial charge in [0.25, 0.3) is 0 Å². The summed E-state index contributed by atoms with van der Waals surface area (Å²) in [5, 5.41) is 8.03. The van der Waals surface area contributed by atoms with Gasteiger partial charge in [0.15, 0.2) is 0 Å². The monoisotopic (exact) mass is 346 g/mol. The number of rotatable bonds is 7. The van der Waals surface area contributed by atoms with Crippen LogP contribution >= 0.6 is 0 Å². The van der Waals surface area contributed by atoms with Crippen molar-refractivity contribution in [3.8, 4) is 0 Å². The largest absolute Gasteiger partial charge is 0.311 e. The van der Waals surface area contributed by atoms with Crippen molar-refractivity contribution in [2.24, 2.45) is 0 Å². The molecule has 0 spiro atoms. The van der Waals surface area contributed by atoms with Gasteiger partial charge in [0.1, 0.15) is 0 Å². The molecule has 0 unspecified atom stereocenters. The Morgan fingerprint density at radius 2 is 1.73 bits per heavy atom. The van der Waals surface area contributed by atoms with Crippen molar-refractivity contribution in [3.05, 3.63) is 89.2 Å². The van der Waals surface area contributed by atoms with Crippen LogP contribution in [0.3, 0.4) is 0 Å². The van der Waals surface area contributed by atoms with E-state index in [1.807, 2.05) is 16.9 Å². The molecule has 1 aliphatic heterocycles. The van der Waals surface area contributed by atoms with Crippen LogP contribution in [0.2, 0.25) is 0 Å². The summed E-state index contributed by atoms with van der Waals surface area (Å²) in [6, 6.07) is 19.3. The maximum absolute atomic E-state index is 4.47. The van der Waals surface area contributed by atoms with E-state index in [4.69, 9.17) is 0 Å². The smallest absolute Gasteiger partial charge is 0.0659 e. The van der Waals surface area contributed by atoms with E-state index in [9.17, 15) is 0 Å². The van der Waals surface area contributed by atoms with Crippen molar-refractivity contribution in [2.75, 3.05) is 19.6 Å². The first-order chi connectivity index (χ1) is 12.9. The number of benzene rings is 2. The molecular weight excluding hydrogens is 320 g/mol. The Balaban J connectivity index is 1.20. The van der Waals surface area contributed by atoms with Gasteiger partial charge in [-0.1, -0.05) is 54.6 Å². The first-order valence-corrected chi connectivity index (χ1v) is 9.42. The lowest BCUT2D eigenvalue weighted by atomic mass is 10.00. The van der Waals surface area contributed by atoms with Crippen LogP contribution < -0.4 is 5.32 Å². The Bertz CT molecular complexity index is 825. The Labute approximate surface area is 155 Å². The van der Waals surface area contributed by atoms with Crippen molar-refractivity contribution >= 4 is 0 Å². The first kappa shape index (κ1) is 17.0. The maximum atomic E-state index is 4.47. The number of aromatic nitrogens is 2. The lowest BCUT2D eigenvalue weighted by molar-refractivity contribution is 0.254. The number of fused-ring (bicyclic) bond motifs is 1. The molecule has 0 saturated heterocycles. The third kappa shape index (κ3) is 4.40.